The monoisotopic (exact) mass is 350 g/mol. The van der Waals surface area contributed by atoms with Crippen LogP contribution in [0, 0.1) is 28.6 Å². The number of fused-ring (bicyclic) bond motifs is 2. The summed E-state index contributed by atoms with van der Waals surface area (Å²) in [5.74, 6) is -1.10. The molecule has 140 valence electrons. The van der Waals surface area contributed by atoms with E-state index in [4.69, 9.17) is 0 Å². The van der Waals surface area contributed by atoms with Crippen molar-refractivity contribution in [3.63, 3.8) is 0 Å². The molecule has 0 amide bonds. The Morgan fingerprint density at radius 3 is 2.32 bits per heavy atom. The van der Waals surface area contributed by atoms with Gasteiger partial charge in [-0.25, -0.2) is 0 Å². The van der Waals surface area contributed by atoms with E-state index < -0.39 is 40.2 Å². The van der Waals surface area contributed by atoms with Crippen molar-refractivity contribution in [1.82, 2.24) is 0 Å². The van der Waals surface area contributed by atoms with Crippen LogP contribution in [0.1, 0.15) is 52.9 Å². The molecule has 0 radical (unpaired) electrons. The Morgan fingerprint density at radius 2 is 1.68 bits per heavy atom. The number of hydrogen-bond donors (Lipinski definition) is 4. The van der Waals surface area contributed by atoms with Crippen molar-refractivity contribution in [3.8, 4) is 0 Å². The third kappa shape index (κ3) is 1.90. The van der Waals surface area contributed by atoms with Gasteiger partial charge < -0.3 is 20.4 Å². The molecule has 8 atom stereocenters. The van der Waals surface area contributed by atoms with Crippen LogP contribution in [0.15, 0.2) is 12.2 Å². The number of aliphatic hydroxyl groups is 4. The summed E-state index contributed by atoms with van der Waals surface area (Å²) in [4.78, 5) is 13.2. The maximum absolute atomic E-state index is 13.2. The van der Waals surface area contributed by atoms with Crippen molar-refractivity contribution in [3.05, 3.63) is 12.2 Å². The molecule has 0 aliphatic heterocycles. The normalized spacial score (nSPS) is 57.2. The first-order valence-corrected chi connectivity index (χ1v) is 9.42. The summed E-state index contributed by atoms with van der Waals surface area (Å²) >= 11 is 0. The van der Waals surface area contributed by atoms with Gasteiger partial charge in [0, 0.05) is 17.3 Å². The number of hydrogen-bond acceptors (Lipinski definition) is 5. The van der Waals surface area contributed by atoms with Crippen LogP contribution in [0.25, 0.3) is 0 Å². The lowest BCUT2D eigenvalue weighted by atomic mass is 9.46. The average Bonchev–Trinajstić information content (AvgIpc) is 2.61. The van der Waals surface area contributed by atoms with Gasteiger partial charge in [-0.1, -0.05) is 26.0 Å². The van der Waals surface area contributed by atoms with Gasteiger partial charge in [0.1, 0.15) is 5.60 Å². The summed E-state index contributed by atoms with van der Waals surface area (Å²) in [7, 11) is 0. The number of rotatable bonds is 0. The van der Waals surface area contributed by atoms with Crippen LogP contribution < -0.4 is 0 Å². The van der Waals surface area contributed by atoms with Crippen LogP contribution in [-0.4, -0.2) is 49.6 Å². The summed E-state index contributed by atoms with van der Waals surface area (Å²) in [6.45, 7) is 9.32. The summed E-state index contributed by atoms with van der Waals surface area (Å²) in [5, 5.41) is 43.9. The van der Waals surface area contributed by atoms with Gasteiger partial charge in [-0.3, -0.25) is 4.79 Å². The molecular formula is C20H30O5. The molecule has 2 bridgehead atoms. The van der Waals surface area contributed by atoms with Crippen LogP contribution in [0.4, 0.5) is 0 Å². The highest BCUT2D eigenvalue weighted by Gasteiger charge is 2.72. The van der Waals surface area contributed by atoms with Crippen LogP contribution in [0.3, 0.4) is 0 Å². The van der Waals surface area contributed by atoms with Crippen molar-refractivity contribution >= 4 is 5.78 Å². The minimum Gasteiger partial charge on any atom is -0.392 e. The maximum atomic E-state index is 13.2. The first-order valence-electron chi connectivity index (χ1n) is 9.42. The molecule has 0 aromatic rings. The second-order valence-electron chi connectivity index (χ2n) is 9.98. The van der Waals surface area contributed by atoms with Crippen molar-refractivity contribution in [2.45, 2.75) is 76.3 Å². The minimum absolute atomic E-state index is 0.0285. The molecule has 4 aliphatic carbocycles. The van der Waals surface area contributed by atoms with Crippen molar-refractivity contribution in [2.24, 2.45) is 28.6 Å². The number of ketones is 1. The Bertz CT molecular complexity index is 652. The predicted octanol–water partition coefficient (Wildman–Crippen LogP) is 1.18. The number of aliphatic hydroxyl groups excluding tert-OH is 2. The Morgan fingerprint density at radius 1 is 1.04 bits per heavy atom. The van der Waals surface area contributed by atoms with Crippen LogP contribution in [0.5, 0.6) is 0 Å². The molecular weight excluding hydrogens is 320 g/mol. The van der Waals surface area contributed by atoms with Crippen LogP contribution in [-0.2, 0) is 4.79 Å². The lowest BCUT2D eigenvalue weighted by Crippen LogP contribution is -2.67. The van der Waals surface area contributed by atoms with Gasteiger partial charge in [0.2, 0.25) is 0 Å². The average molecular weight is 350 g/mol. The second kappa shape index (κ2) is 4.75. The molecule has 5 nitrogen and oxygen atoms in total. The fraction of sp³-hybridized carbons (Fsp3) is 0.850. The zero-order valence-corrected chi connectivity index (χ0v) is 15.3. The van der Waals surface area contributed by atoms with Gasteiger partial charge in [0.15, 0.2) is 5.78 Å². The zero-order valence-electron chi connectivity index (χ0n) is 15.3. The molecule has 0 aromatic heterocycles. The Balaban J connectivity index is 1.83. The van der Waals surface area contributed by atoms with Crippen molar-refractivity contribution in [2.75, 3.05) is 0 Å². The number of carbonyl (C=O) groups is 1. The quantitative estimate of drug-likeness (QED) is 0.492. The zero-order chi connectivity index (χ0) is 18.6. The Labute approximate surface area is 148 Å². The topological polar surface area (TPSA) is 98.0 Å². The van der Waals surface area contributed by atoms with Gasteiger partial charge in [0.25, 0.3) is 0 Å². The van der Waals surface area contributed by atoms with E-state index in [-0.39, 0.29) is 24.0 Å². The van der Waals surface area contributed by atoms with E-state index in [9.17, 15) is 25.2 Å². The SMILES string of the molecule is C=C1[C@H]2C[C@H](O)C(C)(C)C(=O)[C@]2(O)C[C@]23C[C@@](C)(O)[C@H](CC[C@@H]12)[C@H]3O. The van der Waals surface area contributed by atoms with E-state index in [1.54, 1.807) is 20.8 Å². The highest BCUT2D eigenvalue weighted by atomic mass is 16.3. The van der Waals surface area contributed by atoms with Gasteiger partial charge in [-0.2, -0.15) is 0 Å². The van der Waals surface area contributed by atoms with E-state index >= 15 is 0 Å². The molecule has 0 unspecified atom stereocenters. The highest BCUT2D eigenvalue weighted by Crippen LogP contribution is 2.68. The highest BCUT2D eigenvalue weighted by molar-refractivity contribution is 5.94. The van der Waals surface area contributed by atoms with Gasteiger partial charge >= 0.3 is 0 Å². The Hall–Kier alpha value is -0.750. The molecule has 0 saturated heterocycles. The summed E-state index contributed by atoms with van der Waals surface area (Å²) < 4.78 is 0. The molecule has 4 saturated carbocycles. The molecule has 0 aromatic carbocycles. The largest absolute Gasteiger partial charge is 0.392 e. The first-order chi connectivity index (χ1) is 11.4. The standard InChI is InChI=1S/C20H30O5/c1-10-11-5-6-12-15(22)19(11,8-18(12,4)24)9-20(25)13(10)7-14(21)17(2,3)16(20)23/h11-15,21-22,24-25H,1,5-9H2,2-4H3/t11-,12+,13+,14-,15+,18+,19+,20-/m0/s1. The van der Waals surface area contributed by atoms with Gasteiger partial charge in [-0.15, -0.1) is 0 Å². The summed E-state index contributed by atoms with van der Waals surface area (Å²) in [5.41, 5.74) is -3.59. The summed E-state index contributed by atoms with van der Waals surface area (Å²) in [6.07, 6.45) is 0.799. The molecule has 0 heterocycles. The lowest BCUT2D eigenvalue weighted by molar-refractivity contribution is -0.194. The van der Waals surface area contributed by atoms with Gasteiger partial charge in [-0.05, 0) is 44.9 Å². The lowest BCUT2D eigenvalue weighted by Gasteiger charge is -2.60. The van der Waals surface area contributed by atoms with Crippen molar-refractivity contribution < 1.29 is 25.2 Å². The molecule has 4 N–H and O–H groups in total. The molecule has 4 fully saturated rings. The van der Waals surface area contributed by atoms with E-state index in [0.717, 1.165) is 12.0 Å². The molecule has 1 spiro atoms. The van der Waals surface area contributed by atoms with Crippen LogP contribution >= 0.6 is 0 Å². The van der Waals surface area contributed by atoms with E-state index in [1.807, 2.05) is 0 Å². The number of Topliss-reactive ketones (excluding diaryl/α,β-unsaturated/α-hetero) is 1. The summed E-state index contributed by atoms with van der Waals surface area (Å²) in [6, 6.07) is 0. The van der Waals surface area contributed by atoms with E-state index in [0.29, 0.717) is 19.3 Å². The third-order valence-electron chi connectivity index (χ3n) is 8.26. The molecule has 4 rings (SSSR count). The fourth-order valence-electron chi connectivity index (χ4n) is 6.91. The smallest absolute Gasteiger partial charge is 0.173 e. The third-order valence-corrected chi connectivity index (χ3v) is 8.26. The maximum Gasteiger partial charge on any atom is 0.173 e. The molecule has 25 heavy (non-hydrogen) atoms. The van der Waals surface area contributed by atoms with Crippen molar-refractivity contribution in [1.29, 1.82) is 0 Å². The van der Waals surface area contributed by atoms with Crippen LogP contribution in [0.2, 0.25) is 0 Å². The second-order valence-corrected chi connectivity index (χ2v) is 9.98. The molecule has 4 aliphatic rings. The first kappa shape index (κ1) is 17.7. The van der Waals surface area contributed by atoms with E-state index in [2.05, 4.69) is 6.58 Å². The van der Waals surface area contributed by atoms with E-state index in [1.165, 1.54) is 0 Å². The molecule has 5 heteroatoms. The Kier molecular flexibility index (Phi) is 3.35. The fourth-order valence-corrected chi connectivity index (χ4v) is 6.91. The number of carbonyl (C=O) groups excluding carboxylic acids is 1. The minimum atomic E-state index is -1.63. The predicted molar refractivity (Wildman–Crippen MR) is 91.5 cm³/mol. The van der Waals surface area contributed by atoms with Gasteiger partial charge in [0.05, 0.1) is 23.2 Å².